The number of furan rings is 1. The zero-order valence-corrected chi connectivity index (χ0v) is 18.4. The molecule has 1 aromatic heterocycles. The smallest absolute Gasteiger partial charge is 0.322 e. The lowest BCUT2D eigenvalue weighted by molar-refractivity contribution is 0.0762. The fourth-order valence-corrected chi connectivity index (χ4v) is 4.30. The fourth-order valence-electron chi connectivity index (χ4n) is 4.30. The number of para-hydroxylation sites is 1. The number of hydrogen-bond acceptors (Lipinski definition) is 4. The van der Waals surface area contributed by atoms with E-state index in [1.807, 2.05) is 65.6 Å². The molecule has 1 saturated heterocycles. The second kappa shape index (κ2) is 8.86. The van der Waals surface area contributed by atoms with Crippen LogP contribution in [0, 0.1) is 0 Å². The van der Waals surface area contributed by atoms with E-state index in [4.69, 9.17) is 9.15 Å². The summed E-state index contributed by atoms with van der Waals surface area (Å²) >= 11 is 0. The highest BCUT2D eigenvalue weighted by molar-refractivity contribution is 6.07. The molecule has 3 amide bonds. The van der Waals surface area contributed by atoms with E-state index in [9.17, 15) is 9.59 Å². The van der Waals surface area contributed by atoms with Crippen molar-refractivity contribution in [1.29, 1.82) is 0 Å². The third-order valence-electron chi connectivity index (χ3n) is 6.03. The number of nitrogens with one attached hydrogen (secondary N) is 1. The average Bonchev–Trinajstić information content (AvgIpc) is 3.02. The first-order valence-corrected chi connectivity index (χ1v) is 11.0. The van der Waals surface area contributed by atoms with Gasteiger partial charge in [-0.25, -0.2) is 4.79 Å². The summed E-state index contributed by atoms with van der Waals surface area (Å²) < 4.78 is 11.5. The Morgan fingerprint density at radius 3 is 2.39 bits per heavy atom. The molecule has 1 aliphatic rings. The number of hydrogen-bond donors (Lipinski definition) is 1. The van der Waals surface area contributed by atoms with Crippen LogP contribution in [0.5, 0.6) is 5.75 Å². The number of carbonyl (C=O) groups excluding carboxylic acids is 2. The van der Waals surface area contributed by atoms with Gasteiger partial charge in [0, 0.05) is 48.6 Å². The van der Waals surface area contributed by atoms with Crippen molar-refractivity contribution in [3.8, 4) is 5.75 Å². The number of anilines is 1. The Labute approximate surface area is 191 Å². The molecule has 3 aromatic carbocycles. The Morgan fingerprint density at radius 1 is 0.848 bits per heavy atom. The van der Waals surface area contributed by atoms with Gasteiger partial charge in [0.05, 0.1) is 12.8 Å². The molecule has 7 nitrogen and oxygen atoms in total. The Hall–Kier alpha value is -4.00. The zero-order valence-electron chi connectivity index (χ0n) is 18.4. The van der Waals surface area contributed by atoms with Crippen molar-refractivity contribution in [2.24, 2.45) is 0 Å². The van der Waals surface area contributed by atoms with Crippen LogP contribution in [0.1, 0.15) is 16.8 Å². The molecule has 0 atom stereocenters. The number of amides is 3. The molecule has 0 spiro atoms. The van der Waals surface area contributed by atoms with Crippen molar-refractivity contribution in [2.45, 2.75) is 6.42 Å². The number of fused-ring (bicyclic) bond motifs is 3. The number of carbonyl (C=O) groups is 2. The van der Waals surface area contributed by atoms with Gasteiger partial charge in [0.15, 0.2) is 0 Å². The predicted molar refractivity (Wildman–Crippen MR) is 128 cm³/mol. The summed E-state index contributed by atoms with van der Waals surface area (Å²) in [5, 5.41) is 4.90. The van der Waals surface area contributed by atoms with E-state index in [0.29, 0.717) is 55.2 Å². The van der Waals surface area contributed by atoms with Crippen LogP contribution in [0.3, 0.4) is 0 Å². The molecule has 5 rings (SSSR count). The van der Waals surface area contributed by atoms with E-state index < -0.39 is 0 Å². The minimum absolute atomic E-state index is 0.00476. The minimum Gasteiger partial charge on any atom is -0.495 e. The Bertz CT molecular complexity index is 1320. The summed E-state index contributed by atoms with van der Waals surface area (Å²) in [6.45, 7) is 2.13. The summed E-state index contributed by atoms with van der Waals surface area (Å²) in [5.74, 6) is 0.563. The van der Waals surface area contributed by atoms with E-state index in [-0.39, 0.29) is 11.9 Å². The van der Waals surface area contributed by atoms with Crippen molar-refractivity contribution in [2.75, 3.05) is 38.6 Å². The quantitative estimate of drug-likeness (QED) is 0.485. The minimum atomic E-state index is -0.224. The molecule has 0 bridgehead atoms. The van der Waals surface area contributed by atoms with E-state index in [1.54, 1.807) is 18.1 Å². The highest BCUT2D eigenvalue weighted by Crippen LogP contribution is 2.36. The molecule has 2 heterocycles. The SMILES string of the molecule is COc1cc2c(cc1NC(=O)N1CCCN(C(=O)c3ccccc3)CC1)oc1ccccc12. The molecule has 0 unspecified atom stereocenters. The third kappa shape index (κ3) is 4.09. The summed E-state index contributed by atoms with van der Waals surface area (Å²) in [4.78, 5) is 29.4. The van der Waals surface area contributed by atoms with Crippen LogP contribution in [0.15, 0.2) is 71.1 Å². The first kappa shape index (κ1) is 20.9. The molecule has 168 valence electrons. The van der Waals surface area contributed by atoms with Crippen molar-refractivity contribution in [3.05, 3.63) is 72.3 Å². The van der Waals surface area contributed by atoms with Crippen LogP contribution in [0.25, 0.3) is 21.9 Å². The fraction of sp³-hybridized carbons (Fsp3) is 0.231. The lowest BCUT2D eigenvalue weighted by Gasteiger charge is -2.23. The molecular formula is C26H25N3O4. The van der Waals surface area contributed by atoms with Gasteiger partial charge in [-0.05, 0) is 30.7 Å². The molecule has 1 fully saturated rings. The molecule has 0 aliphatic carbocycles. The lowest BCUT2D eigenvalue weighted by Crippen LogP contribution is -2.39. The van der Waals surface area contributed by atoms with Crippen molar-refractivity contribution in [1.82, 2.24) is 9.80 Å². The Kier molecular flexibility index (Phi) is 5.60. The van der Waals surface area contributed by atoms with Gasteiger partial charge >= 0.3 is 6.03 Å². The van der Waals surface area contributed by atoms with E-state index in [2.05, 4.69) is 5.32 Å². The Morgan fingerprint density at radius 2 is 1.58 bits per heavy atom. The van der Waals surface area contributed by atoms with Gasteiger partial charge in [-0.3, -0.25) is 4.79 Å². The number of rotatable bonds is 3. The first-order chi connectivity index (χ1) is 16.1. The van der Waals surface area contributed by atoms with Crippen molar-refractivity contribution in [3.63, 3.8) is 0 Å². The van der Waals surface area contributed by atoms with Crippen LogP contribution in [-0.4, -0.2) is 55.0 Å². The molecule has 1 aliphatic heterocycles. The van der Waals surface area contributed by atoms with Crippen LogP contribution >= 0.6 is 0 Å². The number of ether oxygens (including phenoxy) is 1. The molecule has 0 saturated carbocycles. The topological polar surface area (TPSA) is 75.0 Å². The molecule has 4 aromatic rings. The number of nitrogens with zero attached hydrogens (tertiary/aromatic N) is 2. The van der Waals surface area contributed by atoms with Gasteiger partial charge in [0.1, 0.15) is 16.9 Å². The monoisotopic (exact) mass is 443 g/mol. The summed E-state index contributed by atoms with van der Waals surface area (Å²) in [5.41, 5.74) is 2.69. The molecule has 0 radical (unpaired) electrons. The number of methoxy groups -OCH3 is 1. The highest BCUT2D eigenvalue weighted by atomic mass is 16.5. The number of urea groups is 1. The van der Waals surface area contributed by atoms with Crippen LogP contribution in [0.2, 0.25) is 0 Å². The normalized spacial score (nSPS) is 14.3. The third-order valence-corrected chi connectivity index (χ3v) is 6.03. The molecule has 1 N–H and O–H groups in total. The maximum atomic E-state index is 13.1. The highest BCUT2D eigenvalue weighted by Gasteiger charge is 2.24. The van der Waals surface area contributed by atoms with E-state index >= 15 is 0 Å². The average molecular weight is 444 g/mol. The maximum absolute atomic E-state index is 13.1. The van der Waals surface area contributed by atoms with Crippen molar-refractivity contribution < 1.29 is 18.7 Å². The second-order valence-electron chi connectivity index (χ2n) is 8.08. The van der Waals surface area contributed by atoms with Crippen molar-refractivity contribution >= 4 is 39.6 Å². The summed E-state index contributed by atoms with van der Waals surface area (Å²) in [6, 6.07) is 20.5. The van der Waals surface area contributed by atoms with Crippen LogP contribution in [0.4, 0.5) is 10.5 Å². The van der Waals surface area contributed by atoms with Gasteiger partial charge < -0.3 is 24.3 Å². The van der Waals surface area contributed by atoms with Gasteiger partial charge in [0.2, 0.25) is 0 Å². The molecule has 7 heteroatoms. The van der Waals surface area contributed by atoms with Crippen LogP contribution in [-0.2, 0) is 0 Å². The van der Waals surface area contributed by atoms with E-state index in [0.717, 1.165) is 16.4 Å². The zero-order chi connectivity index (χ0) is 22.8. The van der Waals surface area contributed by atoms with Gasteiger partial charge in [-0.15, -0.1) is 0 Å². The maximum Gasteiger partial charge on any atom is 0.322 e. The first-order valence-electron chi connectivity index (χ1n) is 11.0. The summed E-state index contributed by atoms with van der Waals surface area (Å²) in [6.07, 6.45) is 0.714. The predicted octanol–water partition coefficient (Wildman–Crippen LogP) is 4.97. The van der Waals surface area contributed by atoms with Crippen LogP contribution < -0.4 is 10.1 Å². The van der Waals surface area contributed by atoms with E-state index in [1.165, 1.54) is 0 Å². The second-order valence-corrected chi connectivity index (χ2v) is 8.08. The van der Waals surface area contributed by atoms with Gasteiger partial charge in [-0.2, -0.15) is 0 Å². The standard InChI is InChI=1S/C26H25N3O4/c1-32-24-16-20-19-10-5-6-11-22(19)33-23(20)17-21(24)27-26(31)29-13-7-12-28(14-15-29)25(30)18-8-3-2-4-9-18/h2-6,8-11,16-17H,7,12-15H2,1H3,(H,27,31). The van der Waals surface area contributed by atoms with Gasteiger partial charge in [-0.1, -0.05) is 36.4 Å². The number of benzene rings is 3. The Balaban J connectivity index is 1.32. The molecule has 33 heavy (non-hydrogen) atoms. The summed E-state index contributed by atoms with van der Waals surface area (Å²) in [7, 11) is 1.58. The largest absolute Gasteiger partial charge is 0.495 e. The van der Waals surface area contributed by atoms with Gasteiger partial charge in [0.25, 0.3) is 5.91 Å². The lowest BCUT2D eigenvalue weighted by atomic mass is 10.1. The molecular weight excluding hydrogens is 418 g/mol.